The Kier molecular flexibility index (Phi) is 5.15. The lowest BCUT2D eigenvalue weighted by atomic mass is 9.82. The highest BCUT2D eigenvalue weighted by atomic mass is 16.5. The molecule has 4 N–H and O–H groups in total. The molecule has 10 heteroatoms. The molecule has 0 saturated heterocycles. The lowest BCUT2D eigenvalue weighted by Crippen LogP contribution is -2.33. The van der Waals surface area contributed by atoms with E-state index in [9.17, 15) is 24.6 Å². The number of carbonyl (C=O) groups is 2. The Bertz CT molecular complexity index is 1620. The number of nitrogens with zero attached hydrogens (tertiary/aromatic N) is 2. The molecule has 2 atom stereocenters. The van der Waals surface area contributed by atoms with E-state index < -0.39 is 24.4 Å². The van der Waals surface area contributed by atoms with Crippen molar-refractivity contribution in [3.05, 3.63) is 50.3 Å². The first-order valence-corrected chi connectivity index (χ1v) is 13.1. The Morgan fingerprint density at radius 3 is 2.82 bits per heavy atom. The van der Waals surface area contributed by atoms with Crippen molar-refractivity contribution in [2.24, 2.45) is 5.92 Å². The minimum atomic E-state index is -1.38. The third-order valence-electron chi connectivity index (χ3n) is 8.32. The number of Topliss-reactive ketones (excluding diaryl/α,β-unsaturated/α-hetero) is 1. The number of fused-ring (bicyclic) bond motifs is 6. The number of carbonyl (C=O) groups excluding carboxylic acids is 2. The number of aliphatic hydroxyl groups excluding tert-OH is 2. The maximum absolute atomic E-state index is 13.9. The molecule has 1 amide bonds. The molecule has 2 aromatic heterocycles. The largest absolute Gasteiger partial charge is 0.471 e. The van der Waals surface area contributed by atoms with Gasteiger partial charge < -0.3 is 30.2 Å². The monoisotopic (exact) mass is 516 g/mol. The molecule has 196 valence electrons. The highest BCUT2D eigenvalue weighted by Gasteiger charge is 2.37. The number of rotatable bonds is 6. The molecule has 10 nitrogen and oxygen atoms in total. The molecule has 4 heterocycles. The standard InChI is InChI=1S/C28H28N4O6/c1-12(34)26(36)15-7-21-25-17(9-32(21)28(37)16(15)6-13-2-3-13)24-18(30-22(35)10-33)5-4-14-23(24)19(31-25)8-20-27(14)38-11-29-20/h7-8,13,18,26,29,33,36H,2-6,9-11H2,1H3,(H,30,35). The third-order valence-corrected chi connectivity index (χ3v) is 8.32. The van der Waals surface area contributed by atoms with Gasteiger partial charge in [0.05, 0.1) is 35.2 Å². The summed E-state index contributed by atoms with van der Waals surface area (Å²) in [7, 11) is 0. The molecule has 0 spiro atoms. The number of ether oxygens (including phenoxy) is 1. The summed E-state index contributed by atoms with van der Waals surface area (Å²) in [4.78, 5) is 43.4. The highest BCUT2D eigenvalue weighted by molar-refractivity contribution is 5.97. The minimum absolute atomic E-state index is 0.210. The van der Waals surface area contributed by atoms with E-state index in [1.807, 2.05) is 6.07 Å². The van der Waals surface area contributed by atoms with Crippen molar-refractivity contribution in [2.45, 2.75) is 57.7 Å². The fourth-order valence-corrected chi connectivity index (χ4v) is 6.35. The molecular formula is C28H28N4O6. The summed E-state index contributed by atoms with van der Waals surface area (Å²) in [5, 5.41) is 27.3. The third kappa shape index (κ3) is 3.40. The molecule has 2 unspecified atom stereocenters. The molecule has 1 aromatic carbocycles. The molecule has 2 aliphatic carbocycles. The zero-order chi connectivity index (χ0) is 26.3. The molecule has 1 fully saturated rings. The zero-order valence-electron chi connectivity index (χ0n) is 21.0. The second-order valence-corrected chi connectivity index (χ2v) is 10.8. The van der Waals surface area contributed by atoms with E-state index >= 15 is 0 Å². The molecule has 2 aliphatic heterocycles. The fraction of sp³-hybridized carbons (Fsp3) is 0.429. The predicted molar refractivity (Wildman–Crippen MR) is 138 cm³/mol. The van der Waals surface area contributed by atoms with Gasteiger partial charge in [-0.05, 0) is 68.2 Å². The van der Waals surface area contributed by atoms with Crippen molar-refractivity contribution < 1.29 is 24.5 Å². The van der Waals surface area contributed by atoms with Gasteiger partial charge in [-0.2, -0.15) is 0 Å². The number of hydrogen-bond donors (Lipinski definition) is 4. The minimum Gasteiger partial charge on any atom is -0.471 e. The van der Waals surface area contributed by atoms with Gasteiger partial charge in [0.25, 0.3) is 5.56 Å². The van der Waals surface area contributed by atoms with Crippen molar-refractivity contribution in [2.75, 3.05) is 18.7 Å². The van der Waals surface area contributed by atoms with E-state index in [0.717, 1.165) is 46.4 Å². The van der Waals surface area contributed by atoms with Gasteiger partial charge >= 0.3 is 0 Å². The van der Waals surface area contributed by atoms with Gasteiger partial charge in [0.1, 0.15) is 18.5 Å². The number of nitrogens with one attached hydrogen (secondary N) is 2. The van der Waals surface area contributed by atoms with Gasteiger partial charge in [0, 0.05) is 22.1 Å². The molecule has 7 rings (SSSR count). The predicted octanol–water partition coefficient (Wildman–Crippen LogP) is 1.86. The van der Waals surface area contributed by atoms with Crippen LogP contribution < -0.4 is 20.9 Å². The number of aliphatic hydroxyl groups is 2. The number of ketones is 1. The van der Waals surface area contributed by atoms with E-state index in [1.54, 1.807) is 10.6 Å². The van der Waals surface area contributed by atoms with Crippen LogP contribution in [0.4, 0.5) is 5.69 Å². The Balaban J connectivity index is 1.49. The maximum Gasteiger partial charge on any atom is 0.254 e. The molecule has 0 bridgehead atoms. The molecule has 0 radical (unpaired) electrons. The average molecular weight is 517 g/mol. The Morgan fingerprint density at radius 2 is 2.08 bits per heavy atom. The number of anilines is 1. The van der Waals surface area contributed by atoms with Gasteiger partial charge in [0.15, 0.2) is 12.5 Å². The average Bonchev–Trinajstić information content (AvgIpc) is 3.47. The number of pyridine rings is 2. The number of benzene rings is 1. The van der Waals surface area contributed by atoms with E-state index in [2.05, 4.69) is 10.6 Å². The van der Waals surface area contributed by atoms with Crippen molar-refractivity contribution in [1.29, 1.82) is 0 Å². The summed E-state index contributed by atoms with van der Waals surface area (Å²) >= 11 is 0. The number of amides is 1. The van der Waals surface area contributed by atoms with Gasteiger partial charge in [-0.1, -0.05) is 0 Å². The number of aryl methyl sites for hydroxylation is 1. The van der Waals surface area contributed by atoms with Crippen LogP contribution in [0.25, 0.3) is 22.3 Å². The number of aromatic nitrogens is 2. The Hall–Kier alpha value is -3.76. The fourth-order valence-electron chi connectivity index (χ4n) is 6.35. The van der Waals surface area contributed by atoms with Gasteiger partial charge in [-0.3, -0.25) is 14.4 Å². The summed E-state index contributed by atoms with van der Waals surface area (Å²) < 4.78 is 7.58. The summed E-state index contributed by atoms with van der Waals surface area (Å²) in [5.41, 5.74) is 6.11. The normalized spacial score (nSPS) is 19.3. The molecular weight excluding hydrogens is 488 g/mol. The van der Waals surface area contributed by atoms with Crippen molar-refractivity contribution in [3.8, 4) is 17.1 Å². The summed E-state index contributed by atoms with van der Waals surface area (Å²) in [6.07, 6.45) is 2.49. The lowest BCUT2D eigenvalue weighted by Gasteiger charge is -2.29. The smallest absolute Gasteiger partial charge is 0.254 e. The van der Waals surface area contributed by atoms with Crippen LogP contribution in [0.1, 0.15) is 66.1 Å². The van der Waals surface area contributed by atoms with Crippen molar-refractivity contribution in [3.63, 3.8) is 0 Å². The second-order valence-electron chi connectivity index (χ2n) is 10.8. The lowest BCUT2D eigenvalue weighted by molar-refractivity contribution is -0.125. The van der Waals surface area contributed by atoms with Crippen LogP contribution in [-0.4, -0.2) is 44.8 Å². The van der Waals surface area contributed by atoms with Crippen LogP contribution in [0, 0.1) is 5.92 Å². The zero-order valence-corrected chi connectivity index (χ0v) is 21.0. The first-order chi connectivity index (χ1) is 18.4. The van der Waals surface area contributed by atoms with E-state index in [-0.39, 0.29) is 18.1 Å². The summed E-state index contributed by atoms with van der Waals surface area (Å²) in [6, 6.07) is 3.31. The molecule has 1 saturated carbocycles. The first kappa shape index (κ1) is 23.4. The Morgan fingerprint density at radius 1 is 1.26 bits per heavy atom. The number of hydrogen-bond acceptors (Lipinski definition) is 8. The van der Waals surface area contributed by atoms with Crippen molar-refractivity contribution in [1.82, 2.24) is 14.9 Å². The first-order valence-electron chi connectivity index (χ1n) is 13.1. The van der Waals surface area contributed by atoms with E-state index in [0.29, 0.717) is 59.9 Å². The summed E-state index contributed by atoms with van der Waals surface area (Å²) in [5.74, 6) is 0.297. The highest BCUT2D eigenvalue weighted by Crippen LogP contribution is 2.49. The van der Waals surface area contributed by atoms with Crippen LogP contribution in [0.2, 0.25) is 0 Å². The topological polar surface area (TPSA) is 143 Å². The molecule has 4 aliphatic rings. The van der Waals surface area contributed by atoms with Gasteiger partial charge in [-0.25, -0.2) is 4.98 Å². The summed E-state index contributed by atoms with van der Waals surface area (Å²) in [6.45, 7) is 1.35. The second kappa shape index (κ2) is 8.37. The van der Waals surface area contributed by atoms with Crippen LogP contribution in [-0.2, 0) is 29.0 Å². The van der Waals surface area contributed by atoms with Gasteiger partial charge in [-0.15, -0.1) is 0 Å². The maximum atomic E-state index is 13.9. The molecule has 38 heavy (non-hydrogen) atoms. The quantitative estimate of drug-likeness (QED) is 0.304. The van der Waals surface area contributed by atoms with Crippen LogP contribution in [0.5, 0.6) is 5.75 Å². The SMILES string of the molecule is CC(=O)C(O)c1cc2n(c(=O)c1CC1CC1)Cc1c-2nc2cc3c(c4c2c1C(NC(=O)CO)CC4)OCN3. The van der Waals surface area contributed by atoms with Crippen LogP contribution in [0.15, 0.2) is 16.9 Å². The van der Waals surface area contributed by atoms with E-state index in [4.69, 9.17) is 9.72 Å². The Labute approximate surface area is 217 Å². The van der Waals surface area contributed by atoms with Crippen LogP contribution in [0.3, 0.4) is 0 Å². The molecule has 3 aromatic rings. The van der Waals surface area contributed by atoms with Crippen LogP contribution >= 0.6 is 0 Å². The van der Waals surface area contributed by atoms with Crippen molar-refractivity contribution >= 4 is 28.3 Å². The van der Waals surface area contributed by atoms with Gasteiger partial charge in [0.2, 0.25) is 5.91 Å². The van der Waals surface area contributed by atoms with E-state index in [1.165, 1.54) is 6.92 Å².